The normalized spacial score (nSPS) is 11.2. The molecule has 2 aromatic heterocycles. The number of rotatable bonds is 11. The summed E-state index contributed by atoms with van der Waals surface area (Å²) in [6.07, 6.45) is -2.85. The van der Waals surface area contributed by atoms with Gasteiger partial charge in [-0.3, -0.25) is 28.4 Å². The molecule has 4 rings (SSSR count). The number of halogens is 3. The molecule has 9 nitrogen and oxygen atoms in total. The number of alkyl halides is 2. The molecule has 1 N–H and O–H groups in total. The first-order valence-corrected chi connectivity index (χ1v) is 13.2. The highest BCUT2D eigenvalue weighted by molar-refractivity contribution is 6.31. The molecule has 0 saturated carbocycles. The van der Waals surface area contributed by atoms with Gasteiger partial charge >= 0.3 is 5.97 Å². The second-order valence-corrected chi connectivity index (χ2v) is 9.56. The lowest BCUT2D eigenvalue weighted by molar-refractivity contribution is -0.140. The molecule has 0 bridgehead atoms. The summed E-state index contributed by atoms with van der Waals surface area (Å²) in [4.78, 5) is 51.4. The van der Waals surface area contributed by atoms with Crippen molar-refractivity contribution < 1.29 is 27.9 Å². The van der Waals surface area contributed by atoms with Gasteiger partial charge in [0.05, 0.1) is 31.5 Å². The molecule has 2 heterocycles. The van der Waals surface area contributed by atoms with Crippen LogP contribution >= 0.6 is 11.6 Å². The van der Waals surface area contributed by atoms with E-state index in [-0.39, 0.29) is 48.8 Å². The molecule has 4 aromatic rings. The minimum atomic E-state index is -2.82. The minimum absolute atomic E-state index is 0.0804. The van der Waals surface area contributed by atoms with E-state index >= 15 is 0 Å². The minimum Gasteiger partial charge on any atom is -0.469 e. The molecule has 214 valence electrons. The summed E-state index contributed by atoms with van der Waals surface area (Å²) in [7, 11) is 1.21. The molecule has 0 aliphatic heterocycles. The molecular formula is C29H27ClF2N4O5. The monoisotopic (exact) mass is 584 g/mol. The van der Waals surface area contributed by atoms with Crippen molar-refractivity contribution in [3.63, 3.8) is 0 Å². The summed E-state index contributed by atoms with van der Waals surface area (Å²) in [5, 5.41) is 7.85. The fourth-order valence-corrected chi connectivity index (χ4v) is 4.73. The van der Waals surface area contributed by atoms with Crippen LogP contribution < -0.4 is 10.9 Å². The third-order valence-electron chi connectivity index (χ3n) is 6.42. The smallest absolute Gasteiger partial charge is 0.307 e. The quantitative estimate of drug-likeness (QED) is 0.202. The van der Waals surface area contributed by atoms with Gasteiger partial charge < -0.3 is 10.1 Å². The summed E-state index contributed by atoms with van der Waals surface area (Å²) in [5.74, 6) is -1.61. The number of hydrogen-bond acceptors (Lipinski definition) is 6. The van der Waals surface area contributed by atoms with Crippen molar-refractivity contribution in [2.24, 2.45) is 0 Å². The van der Waals surface area contributed by atoms with E-state index in [9.17, 15) is 28.0 Å². The van der Waals surface area contributed by atoms with Crippen LogP contribution in [0.15, 0.2) is 59.4 Å². The third kappa shape index (κ3) is 6.51. The Hall–Kier alpha value is -4.38. The number of methoxy groups -OCH3 is 1. The average Bonchev–Trinajstić information content (AvgIpc) is 3.35. The van der Waals surface area contributed by atoms with Crippen LogP contribution in [-0.4, -0.2) is 52.1 Å². The zero-order chi connectivity index (χ0) is 29.7. The van der Waals surface area contributed by atoms with Crippen LogP contribution in [0.4, 0.5) is 8.78 Å². The molecule has 1 amide bonds. The highest BCUT2D eigenvalue weighted by atomic mass is 35.5. The average molecular weight is 585 g/mol. The van der Waals surface area contributed by atoms with Gasteiger partial charge in [-0.25, -0.2) is 8.78 Å². The number of carbonyl (C=O) groups is 3. The first-order valence-electron chi connectivity index (χ1n) is 12.8. The van der Waals surface area contributed by atoms with Gasteiger partial charge in [0.1, 0.15) is 12.2 Å². The van der Waals surface area contributed by atoms with E-state index in [2.05, 4.69) is 15.2 Å². The van der Waals surface area contributed by atoms with Gasteiger partial charge in [-0.1, -0.05) is 48.9 Å². The van der Waals surface area contributed by atoms with Crippen LogP contribution in [0.5, 0.6) is 0 Å². The zero-order valence-electron chi connectivity index (χ0n) is 22.3. The standard InChI is InChI=1S/C29H27ClF2N4O5/c1-3-23(37)27-26(17-7-5-4-6-8-17)21-13-18(30)9-10-20(21)29(40)35(27)15-19-14-22(36(34-19)16-24(31)32)28(39)33-12-11-25(38)41-2/h4-10,13-14,24H,3,11-12,15-16H2,1-2H3,(H,33,39). The first kappa shape index (κ1) is 29.6. The lowest BCUT2D eigenvalue weighted by Crippen LogP contribution is -2.29. The Labute approximate surface area is 238 Å². The van der Waals surface area contributed by atoms with E-state index in [1.54, 1.807) is 37.3 Å². The number of nitrogens with zero attached hydrogens (tertiary/aromatic N) is 3. The van der Waals surface area contributed by atoms with Crippen molar-refractivity contribution in [3.8, 4) is 11.1 Å². The lowest BCUT2D eigenvalue weighted by Gasteiger charge is -2.19. The number of benzene rings is 2. The molecule has 0 saturated heterocycles. The Morgan fingerprint density at radius 2 is 1.80 bits per heavy atom. The number of nitrogens with one attached hydrogen (secondary N) is 1. The Balaban J connectivity index is 1.87. The van der Waals surface area contributed by atoms with Gasteiger partial charge in [0.15, 0.2) is 5.78 Å². The fraction of sp³-hybridized carbons (Fsp3) is 0.276. The van der Waals surface area contributed by atoms with Crippen molar-refractivity contribution in [1.82, 2.24) is 19.7 Å². The number of ketones is 1. The van der Waals surface area contributed by atoms with E-state index < -0.39 is 30.4 Å². The maximum atomic E-state index is 13.8. The zero-order valence-corrected chi connectivity index (χ0v) is 23.1. The molecule has 2 aromatic carbocycles. The molecule has 0 atom stereocenters. The van der Waals surface area contributed by atoms with Crippen molar-refractivity contribution in [1.29, 1.82) is 0 Å². The molecule has 12 heteroatoms. The predicted molar refractivity (Wildman–Crippen MR) is 150 cm³/mol. The summed E-state index contributed by atoms with van der Waals surface area (Å²) >= 11 is 6.29. The molecule has 0 fully saturated rings. The Bertz CT molecular complexity index is 1670. The van der Waals surface area contributed by atoms with E-state index in [0.29, 0.717) is 26.9 Å². The van der Waals surface area contributed by atoms with E-state index in [4.69, 9.17) is 11.6 Å². The van der Waals surface area contributed by atoms with Gasteiger partial charge in [0.25, 0.3) is 17.9 Å². The lowest BCUT2D eigenvalue weighted by atomic mass is 9.94. The van der Waals surface area contributed by atoms with Crippen LogP contribution in [0.3, 0.4) is 0 Å². The van der Waals surface area contributed by atoms with Gasteiger partial charge in [-0.15, -0.1) is 0 Å². The largest absolute Gasteiger partial charge is 0.469 e. The number of amides is 1. The van der Waals surface area contributed by atoms with Crippen LogP contribution in [0, 0.1) is 0 Å². The number of Topliss-reactive ketones (excluding diaryl/α,β-unsaturated/α-hetero) is 1. The van der Waals surface area contributed by atoms with Crippen molar-refractivity contribution >= 4 is 40.0 Å². The van der Waals surface area contributed by atoms with Crippen molar-refractivity contribution in [2.75, 3.05) is 13.7 Å². The van der Waals surface area contributed by atoms with Crippen LogP contribution in [0.2, 0.25) is 5.02 Å². The Morgan fingerprint density at radius 3 is 2.46 bits per heavy atom. The second kappa shape index (κ2) is 12.9. The number of carbonyl (C=O) groups excluding carboxylic acids is 3. The van der Waals surface area contributed by atoms with Gasteiger partial charge in [0.2, 0.25) is 0 Å². The summed E-state index contributed by atoms with van der Waals surface area (Å²) < 4.78 is 33.4. The fourth-order valence-electron chi connectivity index (χ4n) is 4.56. The molecule has 0 radical (unpaired) electrons. The highest BCUT2D eigenvalue weighted by Crippen LogP contribution is 2.33. The van der Waals surface area contributed by atoms with Gasteiger partial charge in [-0.05, 0) is 35.2 Å². The Morgan fingerprint density at radius 1 is 1.07 bits per heavy atom. The molecule has 41 heavy (non-hydrogen) atoms. The van der Waals surface area contributed by atoms with Gasteiger partial charge in [0, 0.05) is 28.9 Å². The molecular weight excluding hydrogens is 558 g/mol. The SMILES string of the molecule is CCC(=O)c1c(-c2ccccc2)c2cc(Cl)ccc2c(=O)n1Cc1cc(C(=O)NCCC(=O)OC)n(CC(F)F)n1. The molecule has 0 aliphatic rings. The first-order chi connectivity index (χ1) is 19.6. The van der Waals surface area contributed by atoms with Crippen molar-refractivity contribution in [3.05, 3.63) is 87.1 Å². The maximum absolute atomic E-state index is 13.8. The van der Waals surface area contributed by atoms with Crippen LogP contribution in [-0.2, 0) is 22.6 Å². The molecule has 0 aliphatic carbocycles. The number of esters is 1. The summed E-state index contributed by atoms with van der Waals surface area (Å²) in [6, 6.07) is 15.1. The van der Waals surface area contributed by atoms with Crippen molar-refractivity contribution in [2.45, 2.75) is 39.3 Å². The van der Waals surface area contributed by atoms with Crippen LogP contribution in [0.1, 0.15) is 46.4 Å². The topological polar surface area (TPSA) is 112 Å². The van der Waals surface area contributed by atoms with E-state index in [0.717, 1.165) is 4.68 Å². The van der Waals surface area contributed by atoms with E-state index in [1.807, 2.05) is 18.2 Å². The summed E-state index contributed by atoms with van der Waals surface area (Å²) in [6.45, 7) is 0.447. The number of hydrogen-bond donors (Lipinski definition) is 1. The highest BCUT2D eigenvalue weighted by Gasteiger charge is 2.25. The van der Waals surface area contributed by atoms with E-state index in [1.165, 1.54) is 17.7 Å². The van der Waals surface area contributed by atoms with Gasteiger partial charge in [-0.2, -0.15) is 5.10 Å². The third-order valence-corrected chi connectivity index (χ3v) is 6.65. The summed E-state index contributed by atoms with van der Waals surface area (Å²) in [5.41, 5.74) is 0.730. The second-order valence-electron chi connectivity index (χ2n) is 9.12. The Kier molecular flexibility index (Phi) is 9.28. The number of ether oxygens (including phenoxy) is 1. The predicted octanol–water partition coefficient (Wildman–Crippen LogP) is 4.72. The number of aromatic nitrogens is 3. The number of pyridine rings is 1. The molecule has 0 unspecified atom stereocenters. The van der Waals surface area contributed by atoms with Crippen LogP contribution in [0.25, 0.3) is 21.9 Å². The molecule has 0 spiro atoms. The maximum Gasteiger partial charge on any atom is 0.307 e. The number of fused-ring (bicyclic) bond motifs is 1.